The van der Waals surface area contributed by atoms with Crippen LogP contribution in [-0.4, -0.2) is 0 Å². The molecule has 33 heavy (non-hydrogen) atoms. The fourth-order valence-corrected chi connectivity index (χ4v) is 5.85. The molecule has 0 spiro atoms. The summed E-state index contributed by atoms with van der Waals surface area (Å²) in [5, 5.41) is 0. The molecule has 0 aromatic heterocycles. The minimum absolute atomic E-state index is 0.303. The number of benzene rings is 1. The van der Waals surface area contributed by atoms with E-state index in [2.05, 4.69) is 103 Å². The standard InChI is InChI=1S/C33H40/c1-9-10-22(5)31-23(6)17-30-19-29(18-28-12-11-21(4)24(28)7)25(8)32(30)33(31)27-15-13-26(14-16-27)20(2)3/h11-18,20-21,32-33H,5,8-10,19H2,1-4,6-7H3. The number of hydrogen-bond donors (Lipinski definition) is 0. The molecule has 1 aromatic carbocycles. The first kappa shape index (κ1) is 23.6. The zero-order valence-corrected chi connectivity index (χ0v) is 21.5. The van der Waals surface area contributed by atoms with Crippen LogP contribution in [0.5, 0.6) is 0 Å². The third kappa shape index (κ3) is 4.33. The van der Waals surface area contributed by atoms with Crippen molar-refractivity contribution in [3.8, 4) is 0 Å². The Morgan fingerprint density at radius 3 is 2.39 bits per heavy atom. The van der Waals surface area contributed by atoms with E-state index in [1.54, 1.807) is 0 Å². The Bertz CT molecular complexity index is 1120. The summed E-state index contributed by atoms with van der Waals surface area (Å²) in [6.45, 7) is 22.8. The Hall–Kier alpha value is -2.60. The lowest BCUT2D eigenvalue weighted by molar-refractivity contribution is 0.619. The summed E-state index contributed by atoms with van der Waals surface area (Å²) in [5.41, 5.74) is 14.0. The van der Waals surface area contributed by atoms with Gasteiger partial charge in [0.1, 0.15) is 0 Å². The normalized spacial score (nSPS) is 26.0. The van der Waals surface area contributed by atoms with Crippen molar-refractivity contribution in [2.24, 2.45) is 11.8 Å². The van der Waals surface area contributed by atoms with Gasteiger partial charge in [0.25, 0.3) is 0 Å². The summed E-state index contributed by atoms with van der Waals surface area (Å²) >= 11 is 0. The predicted molar refractivity (Wildman–Crippen MR) is 144 cm³/mol. The smallest absolute Gasteiger partial charge is 0.0201 e. The molecule has 4 rings (SSSR count). The number of rotatable bonds is 6. The molecule has 0 nitrogen and oxygen atoms in total. The highest BCUT2D eigenvalue weighted by Gasteiger charge is 2.41. The fourth-order valence-electron chi connectivity index (χ4n) is 5.85. The maximum Gasteiger partial charge on any atom is 0.0201 e. The molecule has 0 bridgehead atoms. The molecule has 0 heteroatoms. The van der Waals surface area contributed by atoms with Crippen molar-refractivity contribution in [1.29, 1.82) is 0 Å². The second kappa shape index (κ2) is 9.34. The van der Waals surface area contributed by atoms with E-state index in [0.29, 0.717) is 23.7 Å². The van der Waals surface area contributed by atoms with E-state index >= 15 is 0 Å². The average molecular weight is 437 g/mol. The molecule has 3 aliphatic rings. The van der Waals surface area contributed by atoms with E-state index in [-0.39, 0.29) is 0 Å². The summed E-state index contributed by atoms with van der Waals surface area (Å²) < 4.78 is 0. The summed E-state index contributed by atoms with van der Waals surface area (Å²) in [6, 6.07) is 9.36. The summed E-state index contributed by atoms with van der Waals surface area (Å²) in [7, 11) is 0. The minimum atomic E-state index is 0.303. The second-order valence-corrected chi connectivity index (χ2v) is 10.6. The highest BCUT2D eigenvalue weighted by atomic mass is 14.4. The van der Waals surface area contributed by atoms with Gasteiger partial charge in [-0.15, -0.1) is 0 Å². The van der Waals surface area contributed by atoms with Gasteiger partial charge >= 0.3 is 0 Å². The van der Waals surface area contributed by atoms with Gasteiger partial charge in [-0.2, -0.15) is 0 Å². The molecule has 0 radical (unpaired) electrons. The van der Waals surface area contributed by atoms with E-state index < -0.39 is 0 Å². The maximum absolute atomic E-state index is 4.68. The van der Waals surface area contributed by atoms with Crippen LogP contribution in [0.25, 0.3) is 0 Å². The van der Waals surface area contributed by atoms with E-state index in [1.807, 2.05) is 0 Å². The topological polar surface area (TPSA) is 0 Å². The number of fused-ring (bicyclic) bond motifs is 1. The van der Waals surface area contributed by atoms with Crippen LogP contribution in [0.15, 0.2) is 106 Å². The van der Waals surface area contributed by atoms with Gasteiger partial charge in [-0.25, -0.2) is 0 Å². The highest BCUT2D eigenvalue weighted by molar-refractivity contribution is 5.62. The molecule has 1 saturated carbocycles. The molecule has 1 fully saturated rings. The number of allylic oxidation sites excluding steroid dienone is 12. The molecule has 0 aliphatic heterocycles. The van der Waals surface area contributed by atoms with Gasteiger partial charge < -0.3 is 0 Å². The highest BCUT2D eigenvalue weighted by Crippen LogP contribution is 2.55. The van der Waals surface area contributed by atoms with Crippen molar-refractivity contribution < 1.29 is 0 Å². The van der Waals surface area contributed by atoms with Gasteiger partial charge in [-0.3, -0.25) is 0 Å². The lowest BCUT2D eigenvalue weighted by atomic mass is 9.69. The van der Waals surface area contributed by atoms with Crippen molar-refractivity contribution in [2.45, 2.75) is 72.6 Å². The molecule has 3 aliphatic carbocycles. The molecule has 1 aromatic rings. The van der Waals surface area contributed by atoms with Crippen molar-refractivity contribution in [3.63, 3.8) is 0 Å². The van der Waals surface area contributed by atoms with Crippen LogP contribution < -0.4 is 0 Å². The third-order valence-corrected chi connectivity index (χ3v) is 7.98. The predicted octanol–water partition coefficient (Wildman–Crippen LogP) is 9.53. The Labute approximate surface area is 201 Å². The van der Waals surface area contributed by atoms with Crippen LogP contribution in [0.2, 0.25) is 0 Å². The second-order valence-electron chi connectivity index (χ2n) is 10.6. The summed E-state index contributed by atoms with van der Waals surface area (Å²) in [5.74, 6) is 1.71. The van der Waals surface area contributed by atoms with Gasteiger partial charge in [0, 0.05) is 11.8 Å². The van der Waals surface area contributed by atoms with E-state index in [9.17, 15) is 0 Å². The van der Waals surface area contributed by atoms with Gasteiger partial charge in [0.2, 0.25) is 0 Å². The van der Waals surface area contributed by atoms with Crippen molar-refractivity contribution in [2.75, 3.05) is 0 Å². The summed E-state index contributed by atoms with van der Waals surface area (Å²) in [6.07, 6.45) is 12.6. The zero-order valence-electron chi connectivity index (χ0n) is 21.5. The minimum Gasteiger partial charge on any atom is -0.0955 e. The SMILES string of the molecule is C=C(CCC)C1=C(C)C=C2CC(=CC3=C(C)C(C)C=C3)C(=C)C2C1c1ccc(C(C)C)cc1. The Morgan fingerprint density at radius 1 is 1.12 bits per heavy atom. The molecule has 0 saturated heterocycles. The lowest BCUT2D eigenvalue weighted by Crippen LogP contribution is -2.21. The first-order chi connectivity index (χ1) is 15.7. The van der Waals surface area contributed by atoms with Crippen LogP contribution in [0, 0.1) is 11.8 Å². The zero-order chi connectivity index (χ0) is 23.9. The third-order valence-electron chi connectivity index (χ3n) is 7.98. The Morgan fingerprint density at radius 2 is 1.82 bits per heavy atom. The molecule has 172 valence electrons. The number of hydrogen-bond acceptors (Lipinski definition) is 0. The first-order valence-corrected chi connectivity index (χ1v) is 12.7. The molecular weight excluding hydrogens is 396 g/mol. The monoisotopic (exact) mass is 436 g/mol. The first-order valence-electron chi connectivity index (χ1n) is 12.7. The van der Waals surface area contributed by atoms with Crippen molar-refractivity contribution >= 4 is 0 Å². The van der Waals surface area contributed by atoms with E-state index in [0.717, 1.165) is 19.3 Å². The molecule has 0 heterocycles. The Balaban J connectivity index is 1.79. The lowest BCUT2D eigenvalue weighted by Gasteiger charge is -2.34. The van der Waals surface area contributed by atoms with E-state index in [1.165, 1.54) is 55.7 Å². The Kier molecular flexibility index (Phi) is 6.66. The molecule has 0 amide bonds. The van der Waals surface area contributed by atoms with Gasteiger partial charge in [-0.05, 0) is 77.5 Å². The van der Waals surface area contributed by atoms with Crippen molar-refractivity contribution in [1.82, 2.24) is 0 Å². The molecule has 3 unspecified atom stereocenters. The van der Waals surface area contributed by atoms with Gasteiger partial charge in [0.05, 0.1) is 0 Å². The quantitative estimate of drug-likeness (QED) is 0.416. The average Bonchev–Trinajstić information content (AvgIpc) is 3.26. The summed E-state index contributed by atoms with van der Waals surface area (Å²) in [4.78, 5) is 0. The molecular formula is C33H40. The van der Waals surface area contributed by atoms with E-state index in [4.69, 9.17) is 0 Å². The van der Waals surface area contributed by atoms with Crippen LogP contribution in [0.1, 0.15) is 83.8 Å². The van der Waals surface area contributed by atoms with Crippen LogP contribution in [-0.2, 0) is 0 Å². The van der Waals surface area contributed by atoms with Crippen LogP contribution >= 0.6 is 0 Å². The molecule has 0 N–H and O–H groups in total. The largest absolute Gasteiger partial charge is 0.0955 e. The van der Waals surface area contributed by atoms with Crippen LogP contribution in [0.4, 0.5) is 0 Å². The van der Waals surface area contributed by atoms with Gasteiger partial charge in [0.15, 0.2) is 0 Å². The molecule has 3 atom stereocenters. The fraction of sp³-hybridized carbons (Fsp3) is 0.394. The van der Waals surface area contributed by atoms with Gasteiger partial charge in [-0.1, -0.05) is 113 Å². The van der Waals surface area contributed by atoms with Crippen molar-refractivity contribution in [3.05, 3.63) is 117 Å². The van der Waals surface area contributed by atoms with Crippen LogP contribution in [0.3, 0.4) is 0 Å². The maximum atomic E-state index is 4.68.